The number of aliphatic hydroxyl groups excluding tert-OH is 1. The lowest BCUT2D eigenvalue weighted by molar-refractivity contribution is -0.161. The molecular weight excluding hydrogens is 221 g/mol. The molecule has 1 rings (SSSR count). The van der Waals surface area contributed by atoms with Crippen molar-refractivity contribution in [3.05, 3.63) is 0 Å². The van der Waals surface area contributed by atoms with Crippen molar-refractivity contribution >= 4 is 0 Å². The van der Waals surface area contributed by atoms with Crippen LogP contribution < -0.4 is 0 Å². The largest absolute Gasteiger partial charge is 0.390 e. The molecule has 0 bridgehead atoms. The molecule has 0 radical (unpaired) electrons. The van der Waals surface area contributed by atoms with Crippen LogP contribution in [0.5, 0.6) is 0 Å². The minimum absolute atomic E-state index is 0.267. The van der Waals surface area contributed by atoms with Gasteiger partial charge in [-0.25, -0.2) is 0 Å². The summed E-state index contributed by atoms with van der Waals surface area (Å²) < 4.78 is 41.5. The summed E-state index contributed by atoms with van der Waals surface area (Å²) in [6.45, 7) is 0. The van der Waals surface area contributed by atoms with E-state index in [1.807, 2.05) is 0 Å². The summed E-state index contributed by atoms with van der Waals surface area (Å²) in [6, 6.07) is 0. The third kappa shape index (κ3) is 3.63. The number of alkyl halides is 3. The van der Waals surface area contributed by atoms with Crippen molar-refractivity contribution in [3.63, 3.8) is 0 Å². The first-order chi connectivity index (χ1) is 7.40. The maximum atomic E-state index is 12.1. The van der Waals surface area contributed by atoms with Gasteiger partial charge in [0.15, 0.2) is 0 Å². The molecule has 0 saturated heterocycles. The molecule has 2 nitrogen and oxygen atoms in total. The first kappa shape index (κ1) is 13.8. The molecule has 0 aromatic heterocycles. The van der Waals surface area contributed by atoms with Gasteiger partial charge in [0.2, 0.25) is 0 Å². The number of hydrogen-bond acceptors (Lipinski definition) is 2. The van der Waals surface area contributed by atoms with Crippen LogP contribution in [-0.4, -0.2) is 30.1 Å². The van der Waals surface area contributed by atoms with E-state index >= 15 is 0 Å². The van der Waals surface area contributed by atoms with Crippen LogP contribution in [0.2, 0.25) is 0 Å². The molecule has 0 amide bonds. The van der Waals surface area contributed by atoms with E-state index in [2.05, 4.69) is 0 Å². The van der Waals surface area contributed by atoms with Crippen LogP contribution in [0.4, 0.5) is 13.2 Å². The SMILES string of the molecule is COC1(C(O)CCC(F)(F)F)CCCCC1. The van der Waals surface area contributed by atoms with Gasteiger partial charge >= 0.3 is 6.18 Å². The molecule has 16 heavy (non-hydrogen) atoms. The normalized spacial score (nSPS) is 23.1. The minimum Gasteiger partial charge on any atom is -0.390 e. The molecule has 0 aromatic carbocycles. The predicted molar refractivity (Wildman–Crippen MR) is 54.1 cm³/mol. The monoisotopic (exact) mass is 240 g/mol. The van der Waals surface area contributed by atoms with Crippen molar-refractivity contribution in [2.45, 2.75) is 62.8 Å². The van der Waals surface area contributed by atoms with Gasteiger partial charge < -0.3 is 9.84 Å². The Hall–Kier alpha value is -0.290. The Balaban J connectivity index is 2.51. The van der Waals surface area contributed by atoms with E-state index in [0.29, 0.717) is 12.8 Å². The molecular formula is C11H19F3O2. The molecule has 1 N–H and O–H groups in total. The molecule has 0 aliphatic heterocycles. The molecule has 96 valence electrons. The molecule has 1 atom stereocenters. The van der Waals surface area contributed by atoms with Crippen LogP contribution in [0.15, 0.2) is 0 Å². The second-order valence-electron chi connectivity index (χ2n) is 4.50. The Morgan fingerprint density at radius 1 is 1.25 bits per heavy atom. The number of methoxy groups -OCH3 is 1. The van der Waals surface area contributed by atoms with E-state index in [0.717, 1.165) is 19.3 Å². The lowest BCUT2D eigenvalue weighted by Crippen LogP contribution is -2.46. The molecule has 1 aliphatic rings. The third-order valence-corrected chi connectivity index (χ3v) is 3.41. The van der Waals surface area contributed by atoms with Crippen molar-refractivity contribution in [2.24, 2.45) is 0 Å². The fourth-order valence-electron chi connectivity index (χ4n) is 2.39. The van der Waals surface area contributed by atoms with Gasteiger partial charge in [-0.1, -0.05) is 19.3 Å². The fourth-order valence-corrected chi connectivity index (χ4v) is 2.39. The summed E-state index contributed by atoms with van der Waals surface area (Å²) in [7, 11) is 1.47. The highest BCUT2D eigenvalue weighted by molar-refractivity contribution is 4.91. The van der Waals surface area contributed by atoms with E-state index in [1.54, 1.807) is 0 Å². The number of hydrogen-bond donors (Lipinski definition) is 1. The van der Waals surface area contributed by atoms with E-state index in [-0.39, 0.29) is 6.42 Å². The average molecular weight is 240 g/mol. The number of aliphatic hydroxyl groups is 1. The number of ether oxygens (including phenoxy) is 1. The van der Waals surface area contributed by atoms with Gasteiger partial charge in [0.25, 0.3) is 0 Å². The van der Waals surface area contributed by atoms with Crippen molar-refractivity contribution < 1.29 is 23.0 Å². The van der Waals surface area contributed by atoms with Crippen molar-refractivity contribution in [2.75, 3.05) is 7.11 Å². The Labute approximate surface area is 93.8 Å². The van der Waals surface area contributed by atoms with E-state index in [1.165, 1.54) is 7.11 Å². The summed E-state index contributed by atoms with van der Waals surface area (Å²) in [5, 5.41) is 9.86. The highest BCUT2D eigenvalue weighted by atomic mass is 19.4. The Morgan fingerprint density at radius 2 is 1.81 bits per heavy atom. The second-order valence-corrected chi connectivity index (χ2v) is 4.50. The Kier molecular flexibility index (Phi) is 4.62. The zero-order chi connectivity index (χ0) is 12.2. The van der Waals surface area contributed by atoms with Crippen LogP contribution in [0.25, 0.3) is 0 Å². The van der Waals surface area contributed by atoms with Crippen LogP contribution in [0.1, 0.15) is 44.9 Å². The van der Waals surface area contributed by atoms with E-state index in [9.17, 15) is 18.3 Å². The van der Waals surface area contributed by atoms with Gasteiger partial charge in [-0.05, 0) is 19.3 Å². The number of rotatable bonds is 4. The maximum Gasteiger partial charge on any atom is 0.389 e. The van der Waals surface area contributed by atoms with E-state index in [4.69, 9.17) is 4.74 Å². The fraction of sp³-hybridized carbons (Fsp3) is 1.00. The lowest BCUT2D eigenvalue weighted by atomic mass is 9.79. The van der Waals surface area contributed by atoms with Crippen molar-refractivity contribution in [1.82, 2.24) is 0 Å². The van der Waals surface area contributed by atoms with Gasteiger partial charge in [-0.15, -0.1) is 0 Å². The van der Waals surface area contributed by atoms with Gasteiger partial charge in [-0.3, -0.25) is 0 Å². The van der Waals surface area contributed by atoms with Gasteiger partial charge in [0, 0.05) is 13.5 Å². The zero-order valence-electron chi connectivity index (χ0n) is 9.52. The summed E-state index contributed by atoms with van der Waals surface area (Å²) in [6.07, 6.45) is -2.23. The van der Waals surface area contributed by atoms with Crippen LogP contribution in [0, 0.1) is 0 Å². The topological polar surface area (TPSA) is 29.5 Å². The highest BCUT2D eigenvalue weighted by Crippen LogP contribution is 2.36. The van der Waals surface area contributed by atoms with Crippen LogP contribution in [-0.2, 0) is 4.74 Å². The maximum absolute atomic E-state index is 12.1. The third-order valence-electron chi connectivity index (χ3n) is 3.41. The predicted octanol–water partition coefficient (Wildman–Crippen LogP) is 3.04. The van der Waals surface area contributed by atoms with Crippen molar-refractivity contribution in [1.29, 1.82) is 0 Å². The summed E-state index contributed by atoms with van der Waals surface area (Å²) in [5.74, 6) is 0. The summed E-state index contributed by atoms with van der Waals surface area (Å²) in [4.78, 5) is 0. The molecule has 1 unspecified atom stereocenters. The summed E-state index contributed by atoms with van der Waals surface area (Å²) in [5.41, 5.74) is -0.747. The van der Waals surface area contributed by atoms with Crippen LogP contribution >= 0.6 is 0 Å². The number of halogens is 3. The van der Waals surface area contributed by atoms with Crippen molar-refractivity contribution in [3.8, 4) is 0 Å². The molecule has 0 heterocycles. The Morgan fingerprint density at radius 3 is 2.25 bits per heavy atom. The molecule has 0 aromatic rings. The first-order valence-electron chi connectivity index (χ1n) is 5.70. The van der Waals surface area contributed by atoms with Crippen LogP contribution in [0.3, 0.4) is 0 Å². The quantitative estimate of drug-likeness (QED) is 0.818. The summed E-state index contributed by atoms with van der Waals surface area (Å²) >= 11 is 0. The van der Waals surface area contributed by atoms with Gasteiger partial charge in [0.05, 0.1) is 11.7 Å². The van der Waals surface area contributed by atoms with Gasteiger partial charge in [-0.2, -0.15) is 13.2 Å². The molecule has 1 aliphatic carbocycles. The molecule has 5 heteroatoms. The van der Waals surface area contributed by atoms with Gasteiger partial charge in [0.1, 0.15) is 0 Å². The molecule has 1 fully saturated rings. The Bertz CT molecular complexity index is 210. The minimum atomic E-state index is -4.20. The highest BCUT2D eigenvalue weighted by Gasteiger charge is 2.40. The first-order valence-corrected chi connectivity index (χ1v) is 5.70. The second kappa shape index (κ2) is 5.36. The lowest BCUT2D eigenvalue weighted by Gasteiger charge is -2.40. The standard InChI is InChI=1S/C11H19F3O2/c1-16-10(6-3-2-4-7-10)9(15)5-8-11(12,13)14/h9,15H,2-8H2,1H3. The smallest absolute Gasteiger partial charge is 0.389 e. The van der Waals surface area contributed by atoms with E-state index < -0.39 is 24.3 Å². The molecule has 0 spiro atoms. The zero-order valence-corrected chi connectivity index (χ0v) is 9.52. The average Bonchev–Trinajstić information content (AvgIpc) is 2.25. The molecule has 1 saturated carbocycles.